The summed E-state index contributed by atoms with van der Waals surface area (Å²) in [5.74, 6) is 0. The van der Waals surface area contributed by atoms with Crippen LogP contribution in [0.4, 0.5) is 0 Å². The topological polar surface area (TPSA) is 6.48 Å². The Morgan fingerprint density at radius 2 is 1.05 bits per heavy atom. The number of nitrogens with zero attached hydrogens (tertiary/aromatic N) is 2. The molecule has 0 N–H and O–H groups in total. The van der Waals surface area contributed by atoms with Gasteiger partial charge in [0.1, 0.15) is 0 Å². The third kappa shape index (κ3) is 1.81. The van der Waals surface area contributed by atoms with Gasteiger partial charge in [0.15, 0.2) is 0 Å². The van der Waals surface area contributed by atoms with Crippen LogP contribution in [0.3, 0.4) is 0 Å². The van der Waals surface area contributed by atoms with Crippen LogP contribution >= 0.6 is 0 Å². The second-order valence-corrected chi connectivity index (χ2v) is 6.86. The number of fused-ring (bicyclic) bond motifs is 7. The summed E-state index contributed by atoms with van der Waals surface area (Å²) < 4.78 is 0. The highest BCUT2D eigenvalue weighted by Gasteiger charge is 2.42. The quantitative estimate of drug-likeness (QED) is 0.735. The third-order valence-electron chi connectivity index (χ3n) is 5.84. The van der Waals surface area contributed by atoms with Crippen LogP contribution in [-0.2, 0) is 12.8 Å². The van der Waals surface area contributed by atoms with Gasteiger partial charge in [-0.25, -0.2) is 0 Å². The summed E-state index contributed by atoms with van der Waals surface area (Å²) in [6.07, 6.45) is 2.42. The minimum absolute atomic E-state index is 0.542. The van der Waals surface area contributed by atoms with Crippen LogP contribution in [0.25, 0.3) is 0 Å². The summed E-state index contributed by atoms with van der Waals surface area (Å²) in [7, 11) is 0. The van der Waals surface area contributed by atoms with Crippen molar-refractivity contribution in [3.05, 3.63) is 70.8 Å². The second kappa shape index (κ2) is 4.94. The van der Waals surface area contributed by atoms with Crippen molar-refractivity contribution in [3.63, 3.8) is 0 Å². The zero-order chi connectivity index (χ0) is 14.5. The van der Waals surface area contributed by atoms with E-state index in [0.717, 1.165) is 0 Å². The maximum Gasteiger partial charge on any atom is 0.0548 e. The second-order valence-electron chi connectivity index (χ2n) is 6.86. The van der Waals surface area contributed by atoms with Gasteiger partial charge < -0.3 is 0 Å². The molecule has 0 saturated carbocycles. The molecule has 0 aromatic heterocycles. The van der Waals surface area contributed by atoms with Crippen molar-refractivity contribution in [2.24, 2.45) is 0 Å². The van der Waals surface area contributed by atoms with Crippen molar-refractivity contribution >= 4 is 0 Å². The number of benzene rings is 2. The summed E-state index contributed by atoms with van der Waals surface area (Å²) in [6.45, 7) is 4.87. The minimum Gasteiger partial charge on any atom is -0.293 e. The highest BCUT2D eigenvalue weighted by atomic mass is 15.3. The Kier molecular flexibility index (Phi) is 2.89. The summed E-state index contributed by atoms with van der Waals surface area (Å²) >= 11 is 0. The number of hydrogen-bond acceptors (Lipinski definition) is 2. The molecule has 2 aromatic carbocycles. The van der Waals surface area contributed by atoms with Gasteiger partial charge in [0.25, 0.3) is 0 Å². The van der Waals surface area contributed by atoms with Crippen molar-refractivity contribution in [2.45, 2.75) is 24.9 Å². The molecular formula is C20H22N2. The predicted octanol–water partition coefficient (Wildman–Crippen LogP) is 3.20. The fourth-order valence-corrected chi connectivity index (χ4v) is 4.80. The van der Waals surface area contributed by atoms with Crippen LogP contribution in [-0.4, -0.2) is 36.0 Å². The average Bonchev–Trinajstić information content (AvgIpc) is 2.60. The van der Waals surface area contributed by atoms with Gasteiger partial charge in [0, 0.05) is 26.2 Å². The molecule has 5 rings (SSSR count). The maximum atomic E-state index is 2.73. The summed E-state index contributed by atoms with van der Waals surface area (Å²) in [5, 5.41) is 0. The van der Waals surface area contributed by atoms with Crippen molar-refractivity contribution in [2.75, 3.05) is 26.2 Å². The van der Waals surface area contributed by atoms with Crippen LogP contribution in [0.5, 0.6) is 0 Å². The van der Waals surface area contributed by atoms with E-state index in [2.05, 4.69) is 58.3 Å². The molecule has 3 aliphatic rings. The lowest BCUT2D eigenvalue weighted by atomic mass is 9.79. The SMILES string of the molecule is c1ccc2c(c1)CCN1CCN3CCc4ccccc4[C@H]3[C@H]21. The summed E-state index contributed by atoms with van der Waals surface area (Å²) in [4.78, 5) is 5.46. The van der Waals surface area contributed by atoms with Gasteiger partial charge in [-0.3, -0.25) is 9.80 Å². The molecule has 3 aliphatic heterocycles. The molecule has 112 valence electrons. The number of rotatable bonds is 0. The molecule has 2 atom stereocenters. The first-order chi connectivity index (χ1) is 10.9. The van der Waals surface area contributed by atoms with E-state index in [1.165, 1.54) is 39.0 Å². The van der Waals surface area contributed by atoms with E-state index in [9.17, 15) is 0 Å². The lowest BCUT2D eigenvalue weighted by Gasteiger charge is -2.52. The Balaban J connectivity index is 1.67. The van der Waals surface area contributed by atoms with Crippen LogP contribution in [0.15, 0.2) is 48.5 Å². The minimum atomic E-state index is 0.542. The molecule has 22 heavy (non-hydrogen) atoms. The standard InChI is InChI=1S/C20H22N2/c1-3-7-17-15(5-1)9-11-21-13-14-22-12-10-16-6-2-4-8-18(16)20(22)19(17)21/h1-8,19-20H,9-14H2/t19-,20-/m0/s1. The summed E-state index contributed by atoms with van der Waals surface area (Å²) in [6, 6.07) is 19.3. The van der Waals surface area contributed by atoms with Crippen LogP contribution in [0.1, 0.15) is 34.3 Å². The van der Waals surface area contributed by atoms with E-state index in [-0.39, 0.29) is 0 Å². The average molecular weight is 290 g/mol. The molecular weight excluding hydrogens is 268 g/mol. The fourth-order valence-electron chi connectivity index (χ4n) is 4.80. The zero-order valence-corrected chi connectivity index (χ0v) is 12.9. The van der Waals surface area contributed by atoms with Crippen LogP contribution in [0, 0.1) is 0 Å². The molecule has 0 radical (unpaired) electrons. The largest absolute Gasteiger partial charge is 0.293 e. The molecule has 2 nitrogen and oxygen atoms in total. The van der Waals surface area contributed by atoms with Gasteiger partial charge in [-0.1, -0.05) is 48.5 Å². The highest BCUT2D eigenvalue weighted by molar-refractivity contribution is 5.40. The zero-order valence-electron chi connectivity index (χ0n) is 12.9. The number of hydrogen-bond donors (Lipinski definition) is 0. The van der Waals surface area contributed by atoms with Gasteiger partial charge in [-0.05, 0) is 35.1 Å². The van der Waals surface area contributed by atoms with Gasteiger partial charge in [-0.15, -0.1) is 0 Å². The molecule has 0 bridgehead atoms. The van der Waals surface area contributed by atoms with Gasteiger partial charge >= 0.3 is 0 Å². The van der Waals surface area contributed by atoms with Crippen molar-refractivity contribution in [1.82, 2.24) is 9.80 Å². The first kappa shape index (κ1) is 12.9. The van der Waals surface area contributed by atoms with Gasteiger partial charge in [0.05, 0.1) is 12.1 Å². The smallest absolute Gasteiger partial charge is 0.0548 e. The van der Waals surface area contributed by atoms with Crippen LogP contribution < -0.4 is 0 Å². The van der Waals surface area contributed by atoms with Crippen molar-refractivity contribution < 1.29 is 0 Å². The Morgan fingerprint density at radius 1 is 0.591 bits per heavy atom. The molecule has 0 amide bonds. The molecule has 1 saturated heterocycles. The van der Waals surface area contributed by atoms with Crippen molar-refractivity contribution in [1.29, 1.82) is 0 Å². The predicted molar refractivity (Wildman–Crippen MR) is 88.9 cm³/mol. The monoisotopic (exact) mass is 290 g/mol. The molecule has 2 aromatic rings. The lowest BCUT2D eigenvalue weighted by Crippen LogP contribution is -2.54. The van der Waals surface area contributed by atoms with E-state index < -0.39 is 0 Å². The Bertz CT molecular complexity index is 647. The molecule has 2 heteroatoms. The van der Waals surface area contributed by atoms with E-state index >= 15 is 0 Å². The lowest BCUT2D eigenvalue weighted by molar-refractivity contribution is 0.00528. The first-order valence-electron chi connectivity index (χ1n) is 8.55. The fraction of sp³-hybridized carbons (Fsp3) is 0.400. The van der Waals surface area contributed by atoms with E-state index in [4.69, 9.17) is 0 Å². The third-order valence-corrected chi connectivity index (χ3v) is 5.84. The normalized spacial score (nSPS) is 27.5. The highest BCUT2D eigenvalue weighted by Crippen LogP contribution is 2.46. The van der Waals surface area contributed by atoms with Crippen LogP contribution in [0.2, 0.25) is 0 Å². The van der Waals surface area contributed by atoms with Gasteiger partial charge in [0.2, 0.25) is 0 Å². The molecule has 3 heterocycles. The molecule has 0 unspecified atom stereocenters. The van der Waals surface area contributed by atoms with E-state index in [1.807, 2.05) is 0 Å². The summed E-state index contributed by atoms with van der Waals surface area (Å²) in [5.41, 5.74) is 6.27. The molecule has 0 spiro atoms. The molecule has 0 aliphatic carbocycles. The van der Waals surface area contributed by atoms with Crippen molar-refractivity contribution in [3.8, 4) is 0 Å². The number of piperazine rings is 1. The Labute approximate surface area is 132 Å². The molecule has 1 fully saturated rings. The van der Waals surface area contributed by atoms with E-state index in [0.29, 0.717) is 12.1 Å². The Hall–Kier alpha value is -1.64. The maximum absolute atomic E-state index is 2.73. The first-order valence-corrected chi connectivity index (χ1v) is 8.55. The van der Waals surface area contributed by atoms with Gasteiger partial charge in [-0.2, -0.15) is 0 Å². The van der Waals surface area contributed by atoms with E-state index in [1.54, 1.807) is 22.3 Å². The Morgan fingerprint density at radius 3 is 1.55 bits per heavy atom.